The van der Waals surface area contributed by atoms with E-state index >= 15 is 0 Å². The monoisotopic (exact) mass is 2030 g/mol. The maximum atomic E-state index is 13.1. The van der Waals surface area contributed by atoms with Crippen LogP contribution in [0.1, 0.15) is 279 Å². The van der Waals surface area contributed by atoms with Gasteiger partial charge >= 0.3 is 0 Å². The molecule has 0 unspecified atom stereocenters. The molecule has 824 valence electrons. The molecular formula is C106H192N20O18. The van der Waals surface area contributed by atoms with Crippen molar-refractivity contribution >= 4 is 106 Å². The highest BCUT2D eigenvalue weighted by molar-refractivity contribution is 5.98. The number of hydrogen-bond acceptors (Lipinski definition) is 26. The molecule has 0 aromatic heterocycles. The summed E-state index contributed by atoms with van der Waals surface area (Å²) in [4.78, 5) is 239. The molecule has 38 nitrogen and oxygen atoms in total. The summed E-state index contributed by atoms with van der Waals surface area (Å²) < 4.78 is 0. The summed E-state index contributed by atoms with van der Waals surface area (Å²) in [6.45, 7) is 44.6. The van der Waals surface area contributed by atoms with Crippen LogP contribution >= 0.6 is 0 Å². The van der Waals surface area contributed by atoms with Crippen LogP contribution < -0.4 is 57.3 Å². The number of Topliss-reactive ketones (excluding diaryl/α,β-unsaturated/α-hetero) is 6. The largest absolute Gasteiger partial charge is 0.369 e. The fourth-order valence-corrected chi connectivity index (χ4v) is 21.5. The summed E-state index contributed by atoms with van der Waals surface area (Å²) in [5.41, 5.74) is 51.2. The third-order valence-corrected chi connectivity index (χ3v) is 30.4. The number of hydrogen-bond donors (Lipinski definition) is 10. The zero-order chi connectivity index (χ0) is 110. The molecule has 6 saturated carbocycles. The second-order valence-corrected chi connectivity index (χ2v) is 47.8. The Morgan fingerprint density at radius 3 is 0.500 bits per heavy atom. The van der Waals surface area contributed by atoms with Gasteiger partial charge in [0.25, 0.3) is 0 Å². The van der Waals surface area contributed by atoms with Crippen molar-refractivity contribution in [2.45, 2.75) is 303 Å². The van der Waals surface area contributed by atoms with Gasteiger partial charge in [0.05, 0.1) is 13.1 Å². The van der Waals surface area contributed by atoms with Crippen LogP contribution in [0, 0.1) is 104 Å². The van der Waals surface area contributed by atoms with Crippen molar-refractivity contribution in [2.24, 2.45) is 161 Å². The standard InChI is InChI=1S/2C21H38N4O3.4C16H29N3O3/c2*1-21(2,3)19(27)16-7-5-6-8-17(16)20(28)23(4)9-10-24-11-13-25(14-12-24)15-18(22)26;4*1-16(2,3)13(20)10-7-5-6-8-11(10)15(22)19(4)12(9-17)14(18)21/h2*16-17H,5-15H2,1-4H3,(H2,22,26);4*10-12H,5-9,17H2,1-4H3,(H2,18,21)/t2*16-,17+;2*10-,11+,12+;2*10-,11+,12-/m101010/s1. The van der Waals surface area contributed by atoms with Crippen molar-refractivity contribution < 1.29 is 86.3 Å². The molecule has 0 aromatic rings. The first-order valence-electron chi connectivity index (χ1n) is 52.9. The summed E-state index contributed by atoms with van der Waals surface area (Å²) in [5.74, 6) is -5.94. The number of ketones is 6. The highest BCUT2D eigenvalue weighted by Gasteiger charge is 2.50. The number of likely N-dealkylation sites (N-methyl/N-ethyl adjacent to an activating group) is 6. The summed E-state index contributed by atoms with van der Waals surface area (Å²) >= 11 is 0. The first kappa shape index (κ1) is 129. The fourth-order valence-electron chi connectivity index (χ4n) is 21.5. The van der Waals surface area contributed by atoms with E-state index in [1.807, 2.05) is 149 Å². The number of nitrogens with two attached hydrogens (primary N) is 10. The SMILES string of the molecule is CN(C(=O)[C@@H]1CCCC[C@@H]1C(=O)C(C)(C)C)[C@@H](CN)C(N)=O.CN(C(=O)[C@@H]1CCCC[C@@H]1C(=O)C(C)(C)C)[C@H](CN)C(N)=O.CN(C(=O)[C@H]1CCCC[C@H]1C(=O)C(C)(C)C)[C@@H](CN)C(N)=O.CN(C(=O)[C@H]1CCCC[C@H]1C(=O)C(C)(C)C)[C@H](CN)C(N)=O.CN(CCN1CCN(CC(N)=O)CC1)C(=O)[C@@H]1CCCC[C@@H]1C(=O)C(C)(C)C.CN(CCN1CCN(CC(N)=O)CC1)C(=O)[C@H]1CCCC[C@H]1C(=O)C(C)(C)C. The van der Waals surface area contributed by atoms with Gasteiger partial charge in [-0.1, -0.05) is 202 Å². The maximum absolute atomic E-state index is 13.1. The van der Waals surface area contributed by atoms with Gasteiger partial charge < -0.3 is 86.7 Å². The number of carbonyl (C=O) groups is 18. The summed E-state index contributed by atoms with van der Waals surface area (Å²) in [7, 11) is 9.88. The van der Waals surface area contributed by atoms with Gasteiger partial charge in [-0.05, 0) is 77.0 Å². The van der Waals surface area contributed by atoms with Gasteiger partial charge in [0, 0.05) is 251 Å². The summed E-state index contributed by atoms with van der Waals surface area (Å²) in [6, 6.07) is -3.28. The number of amides is 12. The minimum atomic E-state index is -0.820. The first-order valence-corrected chi connectivity index (χ1v) is 52.9. The Balaban J connectivity index is 0.000000446. The highest BCUT2D eigenvalue weighted by Crippen LogP contribution is 2.44. The smallest absolute Gasteiger partial charge is 0.241 e. The lowest BCUT2D eigenvalue weighted by atomic mass is 9.70. The van der Waals surface area contributed by atoms with Crippen LogP contribution in [0.5, 0.6) is 0 Å². The van der Waals surface area contributed by atoms with E-state index in [-0.39, 0.29) is 179 Å². The molecule has 8 fully saturated rings. The Morgan fingerprint density at radius 1 is 0.229 bits per heavy atom. The second kappa shape index (κ2) is 58.9. The number of rotatable bonds is 34. The lowest BCUT2D eigenvalue weighted by molar-refractivity contribution is -0.148. The van der Waals surface area contributed by atoms with Crippen LogP contribution in [-0.2, 0) is 86.3 Å². The van der Waals surface area contributed by atoms with E-state index in [9.17, 15) is 86.3 Å². The lowest BCUT2D eigenvalue weighted by Gasteiger charge is -2.37. The third-order valence-electron chi connectivity index (χ3n) is 30.4. The number of carbonyl (C=O) groups excluding carboxylic acids is 18. The molecular weight excluding hydrogens is 1840 g/mol. The van der Waals surface area contributed by atoms with Crippen molar-refractivity contribution in [3.63, 3.8) is 0 Å². The van der Waals surface area contributed by atoms with Gasteiger partial charge in [-0.25, -0.2) is 0 Å². The van der Waals surface area contributed by atoms with Crippen LogP contribution in [0.15, 0.2) is 0 Å². The van der Waals surface area contributed by atoms with Crippen LogP contribution in [0.3, 0.4) is 0 Å². The van der Waals surface area contributed by atoms with E-state index in [4.69, 9.17) is 57.3 Å². The number of nitrogens with zero attached hydrogens (tertiary/aromatic N) is 10. The molecule has 8 aliphatic rings. The molecule has 6 aliphatic carbocycles. The average molecular weight is 2030 g/mol. The maximum Gasteiger partial charge on any atom is 0.241 e. The van der Waals surface area contributed by atoms with Gasteiger partial charge in [0.15, 0.2) is 0 Å². The van der Waals surface area contributed by atoms with E-state index in [0.29, 0.717) is 51.9 Å². The molecule has 16 atom stereocenters. The molecule has 2 heterocycles. The van der Waals surface area contributed by atoms with Crippen LogP contribution in [0.2, 0.25) is 0 Å². The van der Waals surface area contributed by atoms with Crippen molar-refractivity contribution in [1.82, 2.24) is 49.0 Å². The van der Waals surface area contributed by atoms with Crippen LogP contribution in [0.4, 0.5) is 0 Å². The molecule has 2 saturated heterocycles. The zero-order valence-electron chi connectivity index (χ0n) is 92.5. The molecule has 0 radical (unpaired) electrons. The molecule has 2 aliphatic heterocycles. The topological polar surface area (TPSA) is 600 Å². The van der Waals surface area contributed by atoms with Gasteiger partial charge in [-0.2, -0.15) is 0 Å². The van der Waals surface area contributed by atoms with Crippen LogP contribution in [0.25, 0.3) is 0 Å². The van der Waals surface area contributed by atoms with Gasteiger partial charge in [0.1, 0.15) is 58.9 Å². The molecule has 0 bridgehead atoms. The van der Waals surface area contributed by atoms with Gasteiger partial charge in [-0.3, -0.25) is 106 Å². The predicted molar refractivity (Wildman–Crippen MR) is 558 cm³/mol. The predicted octanol–water partition coefficient (Wildman–Crippen LogP) is 4.65. The molecule has 0 spiro atoms. The van der Waals surface area contributed by atoms with Crippen molar-refractivity contribution in [3.05, 3.63) is 0 Å². The first-order chi connectivity index (χ1) is 66.6. The molecule has 8 rings (SSSR count). The number of piperazine rings is 2. The third kappa shape index (κ3) is 39.4. The van der Waals surface area contributed by atoms with Crippen LogP contribution in [-0.4, -0.2) is 339 Å². The van der Waals surface area contributed by atoms with Crippen molar-refractivity contribution in [1.29, 1.82) is 0 Å². The van der Waals surface area contributed by atoms with Crippen molar-refractivity contribution in [2.75, 3.05) is 160 Å². The normalized spacial score (nSPS) is 24.1. The number of primary amides is 6. The Morgan fingerprint density at radius 2 is 0.368 bits per heavy atom. The van der Waals surface area contributed by atoms with E-state index in [1.54, 1.807) is 0 Å². The fraction of sp³-hybridized carbons (Fsp3) is 0.830. The molecule has 12 amide bonds. The zero-order valence-corrected chi connectivity index (χ0v) is 92.5. The second-order valence-electron chi connectivity index (χ2n) is 47.8. The molecule has 38 heteroatoms. The van der Waals surface area contributed by atoms with E-state index < -0.39 is 80.3 Å². The van der Waals surface area contributed by atoms with E-state index in [2.05, 4.69) is 19.6 Å². The van der Waals surface area contributed by atoms with Gasteiger partial charge in [-0.15, -0.1) is 0 Å². The van der Waals surface area contributed by atoms with E-state index in [1.165, 1.54) is 47.8 Å². The molecule has 20 N–H and O–H groups in total. The lowest BCUT2D eigenvalue weighted by Crippen LogP contribution is -2.53. The Labute approximate surface area is 860 Å². The van der Waals surface area contributed by atoms with Gasteiger partial charge in [0.2, 0.25) is 70.9 Å². The van der Waals surface area contributed by atoms with E-state index in [0.717, 1.165) is 194 Å². The Hall–Kier alpha value is -8.66. The van der Waals surface area contributed by atoms with Crippen molar-refractivity contribution in [3.8, 4) is 0 Å². The Kier molecular flexibility index (Phi) is 53.0. The molecule has 0 aromatic carbocycles. The molecule has 144 heavy (non-hydrogen) atoms. The quantitative estimate of drug-likeness (QED) is 0.0419. The average Bonchev–Trinajstić information content (AvgIpc) is 0.903. The summed E-state index contributed by atoms with van der Waals surface area (Å²) in [5, 5.41) is 0. The highest BCUT2D eigenvalue weighted by atomic mass is 16.2. The minimum absolute atomic E-state index is 0.0117. The minimum Gasteiger partial charge on any atom is -0.369 e. The summed E-state index contributed by atoms with van der Waals surface area (Å²) in [6.07, 6.45) is 20.5. The Bertz CT molecular complexity index is 3830.